The molecule has 6 nitrogen and oxygen atoms in total. The minimum atomic E-state index is -1.08. The van der Waals surface area contributed by atoms with E-state index in [2.05, 4.69) is 15.3 Å². The van der Waals surface area contributed by atoms with Crippen molar-refractivity contribution in [2.24, 2.45) is 5.41 Å². The quantitative estimate of drug-likeness (QED) is 0.798. The third-order valence-corrected chi connectivity index (χ3v) is 3.07. The second-order valence-corrected chi connectivity index (χ2v) is 5.47. The molecular weight excluding hydrogens is 258 g/mol. The fourth-order valence-electron chi connectivity index (χ4n) is 1.90. The maximum atomic E-state index is 11.9. The number of fused-ring (bicyclic) bond motifs is 1. The van der Waals surface area contributed by atoms with Gasteiger partial charge in [0.05, 0.1) is 16.4 Å². The number of hydrogen-bond acceptors (Lipinski definition) is 3. The largest absolute Gasteiger partial charge is 0.481 e. The Morgan fingerprint density at radius 2 is 2.10 bits per heavy atom. The summed E-state index contributed by atoms with van der Waals surface area (Å²) in [5.41, 5.74) is 1.19. The predicted octanol–water partition coefficient (Wildman–Crippen LogP) is 2.31. The fraction of sp³-hybridized carbons (Fsp3) is 0.357. The molecule has 1 aromatic heterocycles. The van der Waals surface area contributed by atoms with Crippen LogP contribution in [0.3, 0.4) is 0 Å². The molecule has 3 N–H and O–H groups in total. The Morgan fingerprint density at radius 3 is 2.75 bits per heavy atom. The van der Waals surface area contributed by atoms with Crippen LogP contribution >= 0.6 is 0 Å². The predicted molar refractivity (Wildman–Crippen MR) is 75.5 cm³/mol. The highest BCUT2D eigenvalue weighted by molar-refractivity contribution is 5.95. The van der Waals surface area contributed by atoms with Crippen LogP contribution in [0.2, 0.25) is 0 Å². The average molecular weight is 275 g/mol. The molecule has 0 saturated carbocycles. The molecule has 0 unspecified atom stereocenters. The molecule has 1 aromatic carbocycles. The molecule has 2 rings (SSSR count). The number of benzene rings is 1. The highest BCUT2D eigenvalue weighted by Crippen LogP contribution is 2.22. The van der Waals surface area contributed by atoms with Crippen molar-refractivity contribution < 1.29 is 14.7 Å². The zero-order valence-corrected chi connectivity index (χ0v) is 11.7. The highest BCUT2D eigenvalue weighted by Gasteiger charge is 2.30. The number of carboxylic acid groups (broad SMARTS) is 1. The molecular formula is C14H17N3O3. The first-order chi connectivity index (χ1) is 9.28. The molecule has 1 heterocycles. The first kappa shape index (κ1) is 14.0. The molecule has 1 amide bonds. The summed E-state index contributed by atoms with van der Waals surface area (Å²) in [5.74, 6) is -0.518. The Labute approximate surface area is 116 Å². The van der Waals surface area contributed by atoms with Crippen LogP contribution in [0, 0.1) is 12.3 Å². The van der Waals surface area contributed by atoms with Gasteiger partial charge in [0.2, 0.25) is 5.91 Å². The SMILES string of the molecule is Cc1nc2ccc(NC(=O)CC(C)(C)C(=O)O)cc2[nH]1. The van der Waals surface area contributed by atoms with Crippen molar-refractivity contribution in [3.63, 3.8) is 0 Å². The van der Waals surface area contributed by atoms with Gasteiger partial charge in [-0.2, -0.15) is 0 Å². The van der Waals surface area contributed by atoms with Gasteiger partial charge in [-0.25, -0.2) is 4.98 Å². The van der Waals surface area contributed by atoms with Gasteiger partial charge < -0.3 is 15.4 Å². The summed E-state index contributed by atoms with van der Waals surface area (Å²) in [6.07, 6.45) is -0.0810. The molecule has 0 aliphatic heterocycles. The maximum Gasteiger partial charge on any atom is 0.309 e. The van der Waals surface area contributed by atoms with E-state index < -0.39 is 11.4 Å². The highest BCUT2D eigenvalue weighted by atomic mass is 16.4. The van der Waals surface area contributed by atoms with E-state index in [0.717, 1.165) is 16.9 Å². The third-order valence-electron chi connectivity index (χ3n) is 3.07. The standard InChI is InChI=1S/C14H17N3O3/c1-8-15-10-5-4-9(6-11(10)16-8)17-12(18)7-14(2,3)13(19)20/h4-6H,7H2,1-3H3,(H,15,16)(H,17,18)(H,19,20). The summed E-state index contributed by atoms with van der Waals surface area (Å²) in [4.78, 5) is 30.2. The van der Waals surface area contributed by atoms with E-state index in [4.69, 9.17) is 5.11 Å². The number of rotatable bonds is 4. The van der Waals surface area contributed by atoms with Gasteiger partial charge in [-0.3, -0.25) is 9.59 Å². The van der Waals surface area contributed by atoms with Crippen molar-refractivity contribution in [1.82, 2.24) is 9.97 Å². The Kier molecular flexibility index (Phi) is 3.48. The van der Waals surface area contributed by atoms with E-state index in [1.54, 1.807) is 18.2 Å². The summed E-state index contributed by atoms with van der Waals surface area (Å²) in [6.45, 7) is 4.90. The van der Waals surface area contributed by atoms with Crippen LogP contribution in [-0.4, -0.2) is 27.0 Å². The molecule has 0 saturated heterocycles. The number of aromatic nitrogens is 2. The van der Waals surface area contributed by atoms with Crippen LogP contribution in [0.4, 0.5) is 5.69 Å². The summed E-state index contributed by atoms with van der Waals surface area (Å²) in [5, 5.41) is 11.7. The van der Waals surface area contributed by atoms with Gasteiger partial charge in [0.1, 0.15) is 5.82 Å². The van der Waals surface area contributed by atoms with Crippen molar-refractivity contribution in [2.45, 2.75) is 27.2 Å². The van der Waals surface area contributed by atoms with E-state index in [9.17, 15) is 9.59 Å². The molecule has 0 aliphatic rings. The summed E-state index contributed by atoms with van der Waals surface area (Å²) < 4.78 is 0. The number of carbonyl (C=O) groups excluding carboxylic acids is 1. The van der Waals surface area contributed by atoms with Gasteiger partial charge in [0, 0.05) is 12.1 Å². The zero-order valence-electron chi connectivity index (χ0n) is 11.7. The molecule has 0 bridgehead atoms. The van der Waals surface area contributed by atoms with E-state index in [-0.39, 0.29) is 12.3 Å². The first-order valence-electron chi connectivity index (χ1n) is 6.27. The number of H-pyrrole nitrogens is 1. The minimum Gasteiger partial charge on any atom is -0.481 e. The topological polar surface area (TPSA) is 95.1 Å². The zero-order chi connectivity index (χ0) is 14.9. The maximum absolute atomic E-state index is 11.9. The van der Waals surface area contributed by atoms with E-state index in [0.29, 0.717) is 5.69 Å². The molecule has 6 heteroatoms. The lowest BCUT2D eigenvalue weighted by Crippen LogP contribution is -2.29. The van der Waals surface area contributed by atoms with Crippen molar-refractivity contribution in [3.8, 4) is 0 Å². The molecule has 106 valence electrons. The Hall–Kier alpha value is -2.37. The van der Waals surface area contributed by atoms with Crippen molar-refractivity contribution >= 4 is 28.6 Å². The first-order valence-corrected chi connectivity index (χ1v) is 6.27. The van der Waals surface area contributed by atoms with Crippen LogP contribution < -0.4 is 5.32 Å². The van der Waals surface area contributed by atoms with Gasteiger partial charge in [0.15, 0.2) is 0 Å². The molecule has 0 spiro atoms. The number of nitrogens with zero attached hydrogens (tertiary/aromatic N) is 1. The molecule has 0 fully saturated rings. The minimum absolute atomic E-state index is 0.0810. The van der Waals surface area contributed by atoms with Crippen molar-refractivity contribution in [1.29, 1.82) is 0 Å². The molecule has 0 radical (unpaired) electrons. The number of carbonyl (C=O) groups is 2. The van der Waals surface area contributed by atoms with E-state index >= 15 is 0 Å². The normalized spacial score (nSPS) is 11.6. The number of anilines is 1. The van der Waals surface area contributed by atoms with E-state index in [1.165, 1.54) is 13.8 Å². The second-order valence-electron chi connectivity index (χ2n) is 5.47. The monoisotopic (exact) mass is 275 g/mol. The molecule has 0 aliphatic carbocycles. The Balaban J connectivity index is 2.11. The summed E-state index contributed by atoms with van der Waals surface area (Å²) in [7, 11) is 0. The fourth-order valence-corrected chi connectivity index (χ4v) is 1.90. The Bertz CT molecular complexity index is 673. The lowest BCUT2D eigenvalue weighted by Gasteiger charge is -2.18. The van der Waals surface area contributed by atoms with Crippen LogP contribution in [-0.2, 0) is 9.59 Å². The van der Waals surface area contributed by atoms with Crippen LogP contribution in [0.15, 0.2) is 18.2 Å². The smallest absolute Gasteiger partial charge is 0.309 e. The number of aliphatic carboxylic acids is 1. The van der Waals surface area contributed by atoms with Crippen LogP contribution in [0.1, 0.15) is 26.1 Å². The number of carboxylic acids is 1. The Morgan fingerprint density at radius 1 is 1.40 bits per heavy atom. The number of aryl methyl sites for hydroxylation is 1. The average Bonchev–Trinajstić information content (AvgIpc) is 2.67. The van der Waals surface area contributed by atoms with Gasteiger partial charge >= 0.3 is 5.97 Å². The molecule has 20 heavy (non-hydrogen) atoms. The number of aromatic amines is 1. The number of imidazole rings is 1. The summed E-state index contributed by atoms with van der Waals surface area (Å²) in [6, 6.07) is 5.33. The van der Waals surface area contributed by atoms with E-state index in [1.807, 2.05) is 6.92 Å². The number of amides is 1. The number of hydrogen-bond donors (Lipinski definition) is 3. The molecule has 2 aromatic rings. The number of nitrogens with one attached hydrogen (secondary N) is 2. The van der Waals surface area contributed by atoms with Crippen molar-refractivity contribution in [3.05, 3.63) is 24.0 Å². The summed E-state index contributed by atoms with van der Waals surface area (Å²) >= 11 is 0. The van der Waals surface area contributed by atoms with Gasteiger partial charge in [-0.05, 0) is 39.0 Å². The second kappa shape index (κ2) is 4.96. The van der Waals surface area contributed by atoms with Gasteiger partial charge in [0.25, 0.3) is 0 Å². The van der Waals surface area contributed by atoms with Crippen LogP contribution in [0.25, 0.3) is 11.0 Å². The lowest BCUT2D eigenvalue weighted by atomic mass is 9.89. The third kappa shape index (κ3) is 2.96. The van der Waals surface area contributed by atoms with Crippen molar-refractivity contribution in [2.75, 3.05) is 5.32 Å². The van der Waals surface area contributed by atoms with Crippen LogP contribution in [0.5, 0.6) is 0 Å². The molecule has 0 atom stereocenters. The lowest BCUT2D eigenvalue weighted by molar-refractivity contribution is -0.148. The van der Waals surface area contributed by atoms with Gasteiger partial charge in [-0.1, -0.05) is 0 Å². The van der Waals surface area contributed by atoms with Gasteiger partial charge in [-0.15, -0.1) is 0 Å².